The van der Waals surface area contributed by atoms with Gasteiger partial charge >= 0.3 is 39.5 Å². The van der Waals surface area contributed by atoms with Gasteiger partial charge < -0.3 is 33.8 Å². The zero-order valence-corrected chi connectivity index (χ0v) is 63.2. The van der Waals surface area contributed by atoms with E-state index in [1.807, 2.05) is 0 Å². The van der Waals surface area contributed by atoms with Crippen molar-refractivity contribution in [2.24, 2.45) is 17.8 Å². The molecule has 94 heavy (non-hydrogen) atoms. The highest BCUT2D eigenvalue weighted by molar-refractivity contribution is 7.47. The SMILES string of the molecule is CCCCCCCCCCC(=O)OC[C@H](COP(=O)(O)OC[C@H](O)COP(=O)(O)OC[C@@H](COC(=O)CCCCCCCCCCC(C)CC)OC(=O)CCCCCCCCCCCCCCCCCCCCC(C)CC)OC(=O)CCCCCCCCCCC(C)CC. The Balaban J connectivity index is 5.17. The quantitative estimate of drug-likeness (QED) is 0.0222. The fourth-order valence-electron chi connectivity index (χ4n) is 11.3. The standard InChI is InChI=1S/C75H146O17P2/c1-8-12-13-14-15-35-42-49-56-72(77)85-62-70(92-75(80)59-52-45-38-31-29-34-41-48-55-68(7)11-4)64-89-93(81,82)87-60-69(76)61-88-94(83,84)90-65-71(63-86-73(78)57-50-43-36-30-28-33-40-47-54-67(6)10-3)91-74(79)58-51-44-37-27-25-23-21-19-17-16-18-20-22-24-26-32-39-46-53-66(5)9-2/h66-71,76H,8-65H2,1-7H3,(H,81,82)(H,83,84)/t66?,67?,68?,69-,70+,71+/m0/s1. The van der Waals surface area contributed by atoms with Gasteiger partial charge in [0.2, 0.25) is 0 Å². The summed E-state index contributed by atoms with van der Waals surface area (Å²) >= 11 is 0. The van der Waals surface area contributed by atoms with E-state index in [4.69, 9.17) is 37.0 Å². The first-order chi connectivity index (χ1) is 45.3. The van der Waals surface area contributed by atoms with Crippen LogP contribution in [0.2, 0.25) is 0 Å². The van der Waals surface area contributed by atoms with E-state index in [9.17, 15) is 43.2 Å². The van der Waals surface area contributed by atoms with Crippen LogP contribution < -0.4 is 0 Å². The second-order valence-electron chi connectivity index (χ2n) is 27.8. The van der Waals surface area contributed by atoms with E-state index in [0.29, 0.717) is 25.7 Å². The molecule has 0 aromatic rings. The summed E-state index contributed by atoms with van der Waals surface area (Å²) < 4.78 is 68.4. The van der Waals surface area contributed by atoms with Gasteiger partial charge in [0.05, 0.1) is 26.4 Å². The lowest BCUT2D eigenvalue weighted by Gasteiger charge is -2.21. The van der Waals surface area contributed by atoms with Crippen molar-refractivity contribution in [1.29, 1.82) is 0 Å². The highest BCUT2D eigenvalue weighted by atomic mass is 31.2. The normalized spacial score (nSPS) is 15.0. The van der Waals surface area contributed by atoms with Gasteiger partial charge in [-0.1, -0.05) is 331 Å². The molecule has 19 heteroatoms. The third-order valence-electron chi connectivity index (χ3n) is 18.5. The Bertz CT molecular complexity index is 1840. The first-order valence-electron chi connectivity index (χ1n) is 39.0. The van der Waals surface area contributed by atoms with Gasteiger partial charge in [0.25, 0.3) is 0 Å². The van der Waals surface area contributed by atoms with Crippen LogP contribution >= 0.6 is 15.6 Å². The Kier molecular flexibility index (Phi) is 64.3. The molecule has 0 amide bonds. The number of aliphatic hydroxyl groups is 1. The molecule has 0 aliphatic heterocycles. The monoisotopic (exact) mass is 1380 g/mol. The minimum Gasteiger partial charge on any atom is -0.462 e. The maximum atomic E-state index is 13.1. The molecule has 558 valence electrons. The Labute approximate surface area is 575 Å². The summed E-state index contributed by atoms with van der Waals surface area (Å²) in [4.78, 5) is 72.6. The summed E-state index contributed by atoms with van der Waals surface area (Å²) in [7, 11) is -9.91. The van der Waals surface area contributed by atoms with Gasteiger partial charge in [0.1, 0.15) is 19.3 Å². The Morgan fingerprint density at radius 1 is 0.298 bits per heavy atom. The van der Waals surface area contributed by atoms with Gasteiger partial charge in [-0.3, -0.25) is 37.3 Å². The number of unbranched alkanes of at least 4 members (excludes halogenated alkanes) is 38. The molecule has 3 N–H and O–H groups in total. The van der Waals surface area contributed by atoms with Crippen molar-refractivity contribution in [3.05, 3.63) is 0 Å². The van der Waals surface area contributed by atoms with Crippen LogP contribution in [0.3, 0.4) is 0 Å². The van der Waals surface area contributed by atoms with Crippen molar-refractivity contribution in [3.63, 3.8) is 0 Å². The molecule has 8 atom stereocenters. The van der Waals surface area contributed by atoms with Gasteiger partial charge in [-0.05, 0) is 43.4 Å². The van der Waals surface area contributed by atoms with Crippen LogP contribution in [-0.2, 0) is 65.4 Å². The van der Waals surface area contributed by atoms with Crippen LogP contribution in [0.15, 0.2) is 0 Å². The number of esters is 4. The first-order valence-corrected chi connectivity index (χ1v) is 42.0. The highest BCUT2D eigenvalue weighted by Crippen LogP contribution is 2.45. The van der Waals surface area contributed by atoms with Crippen LogP contribution in [0.25, 0.3) is 0 Å². The van der Waals surface area contributed by atoms with E-state index in [-0.39, 0.29) is 25.7 Å². The van der Waals surface area contributed by atoms with Crippen molar-refractivity contribution < 1.29 is 80.2 Å². The number of phosphoric acid groups is 2. The molecule has 0 saturated heterocycles. The average molecular weight is 1380 g/mol. The molecular weight excluding hydrogens is 1230 g/mol. The predicted octanol–water partition coefficient (Wildman–Crippen LogP) is 21.8. The highest BCUT2D eigenvalue weighted by Gasteiger charge is 2.30. The van der Waals surface area contributed by atoms with Gasteiger partial charge in [-0.25, -0.2) is 9.13 Å². The maximum absolute atomic E-state index is 13.1. The fraction of sp³-hybridized carbons (Fsp3) is 0.947. The van der Waals surface area contributed by atoms with E-state index in [1.165, 1.54) is 186 Å². The Morgan fingerprint density at radius 2 is 0.511 bits per heavy atom. The summed E-state index contributed by atoms with van der Waals surface area (Å²) in [6.45, 7) is 11.9. The van der Waals surface area contributed by atoms with Gasteiger partial charge in [-0.2, -0.15) is 0 Å². The fourth-order valence-corrected chi connectivity index (χ4v) is 12.9. The lowest BCUT2D eigenvalue weighted by atomic mass is 9.99. The lowest BCUT2D eigenvalue weighted by molar-refractivity contribution is -0.161. The number of hydrogen-bond donors (Lipinski definition) is 3. The zero-order chi connectivity index (χ0) is 69.4. The third kappa shape index (κ3) is 64.7. The number of carbonyl (C=O) groups excluding carboxylic acids is 4. The number of phosphoric ester groups is 2. The van der Waals surface area contributed by atoms with Crippen LogP contribution in [0.1, 0.15) is 382 Å². The average Bonchev–Trinajstić information content (AvgIpc) is 2.52. The zero-order valence-electron chi connectivity index (χ0n) is 61.4. The molecule has 5 unspecified atom stereocenters. The van der Waals surface area contributed by atoms with Crippen LogP contribution in [0.4, 0.5) is 0 Å². The topological polar surface area (TPSA) is 237 Å². The van der Waals surface area contributed by atoms with Crippen LogP contribution in [0.5, 0.6) is 0 Å². The smallest absolute Gasteiger partial charge is 0.462 e. The van der Waals surface area contributed by atoms with E-state index < -0.39 is 97.5 Å². The minimum atomic E-state index is -4.96. The number of aliphatic hydroxyl groups excluding tert-OH is 1. The van der Waals surface area contributed by atoms with Gasteiger partial charge in [0, 0.05) is 25.7 Å². The molecule has 0 saturated carbocycles. The summed E-state index contributed by atoms with van der Waals surface area (Å²) in [6.07, 6.45) is 51.4. The van der Waals surface area contributed by atoms with Gasteiger partial charge in [0.15, 0.2) is 12.2 Å². The van der Waals surface area contributed by atoms with Crippen LogP contribution in [-0.4, -0.2) is 96.7 Å². The molecule has 0 aromatic carbocycles. The maximum Gasteiger partial charge on any atom is 0.472 e. The number of carbonyl (C=O) groups is 4. The minimum absolute atomic E-state index is 0.105. The van der Waals surface area contributed by atoms with Gasteiger partial charge in [-0.15, -0.1) is 0 Å². The lowest BCUT2D eigenvalue weighted by Crippen LogP contribution is -2.30. The molecule has 0 heterocycles. The molecule has 0 aliphatic rings. The van der Waals surface area contributed by atoms with E-state index in [2.05, 4.69) is 48.5 Å². The van der Waals surface area contributed by atoms with Crippen LogP contribution in [0, 0.1) is 17.8 Å². The largest absolute Gasteiger partial charge is 0.472 e. The molecule has 0 radical (unpaired) electrons. The molecule has 0 rings (SSSR count). The van der Waals surface area contributed by atoms with Crippen molar-refractivity contribution in [2.75, 3.05) is 39.6 Å². The molecule has 0 aliphatic carbocycles. The third-order valence-corrected chi connectivity index (χ3v) is 20.4. The number of rotatable bonds is 73. The van der Waals surface area contributed by atoms with Crippen molar-refractivity contribution in [1.82, 2.24) is 0 Å². The Hall–Kier alpha value is -1.94. The first kappa shape index (κ1) is 92.1. The van der Waals surface area contributed by atoms with E-state index in [1.54, 1.807) is 0 Å². The molecule has 17 nitrogen and oxygen atoms in total. The van der Waals surface area contributed by atoms with Crippen molar-refractivity contribution in [2.45, 2.75) is 401 Å². The summed E-state index contributed by atoms with van der Waals surface area (Å²) in [5.74, 6) is 0.294. The van der Waals surface area contributed by atoms with E-state index >= 15 is 0 Å². The summed E-state index contributed by atoms with van der Waals surface area (Å²) in [6, 6.07) is 0. The predicted molar refractivity (Wildman–Crippen MR) is 381 cm³/mol. The van der Waals surface area contributed by atoms with Crippen molar-refractivity contribution >= 4 is 39.5 Å². The molecule has 0 aromatic heterocycles. The summed E-state index contributed by atoms with van der Waals surface area (Å²) in [5, 5.41) is 10.6. The Morgan fingerprint density at radius 3 is 0.755 bits per heavy atom. The second kappa shape index (κ2) is 65.7. The molecule has 0 fully saturated rings. The number of ether oxygens (including phenoxy) is 4. The molecule has 0 bridgehead atoms. The molecule has 0 spiro atoms. The number of hydrogen-bond acceptors (Lipinski definition) is 15. The second-order valence-corrected chi connectivity index (χ2v) is 30.7. The van der Waals surface area contributed by atoms with Crippen molar-refractivity contribution in [3.8, 4) is 0 Å². The summed E-state index contributed by atoms with van der Waals surface area (Å²) in [5.41, 5.74) is 0. The van der Waals surface area contributed by atoms with E-state index in [0.717, 1.165) is 114 Å². The molecular formula is C75H146O17P2.